The Kier molecular flexibility index (Phi) is 7.35. The molecule has 3 amide bonds. The molecule has 2 aromatic rings. The molecule has 7 nitrogen and oxygen atoms in total. The minimum atomic E-state index is -0.295. The fourth-order valence-corrected chi connectivity index (χ4v) is 3.87. The number of thioether (sulfide) groups is 1. The summed E-state index contributed by atoms with van der Waals surface area (Å²) in [6.07, 6.45) is 0.394. The van der Waals surface area contributed by atoms with E-state index in [-0.39, 0.29) is 11.9 Å². The van der Waals surface area contributed by atoms with Crippen LogP contribution in [-0.4, -0.2) is 60.5 Å². The van der Waals surface area contributed by atoms with Crippen molar-refractivity contribution in [1.29, 1.82) is 0 Å². The maximum atomic E-state index is 12.3. The van der Waals surface area contributed by atoms with Gasteiger partial charge in [-0.1, -0.05) is 18.2 Å². The van der Waals surface area contributed by atoms with Gasteiger partial charge in [-0.2, -0.15) is 11.8 Å². The monoisotopic (exact) mass is 413 g/mol. The van der Waals surface area contributed by atoms with Gasteiger partial charge in [-0.05, 0) is 29.8 Å². The third kappa shape index (κ3) is 6.39. The van der Waals surface area contributed by atoms with Crippen molar-refractivity contribution >= 4 is 35.2 Å². The number of aromatic nitrogens is 1. The fraction of sp³-hybridized carbons (Fsp3) is 0.381. The Morgan fingerprint density at radius 3 is 2.52 bits per heavy atom. The highest BCUT2D eigenvalue weighted by Gasteiger charge is 2.16. The molecule has 8 heteroatoms. The third-order valence-corrected chi connectivity index (χ3v) is 5.55. The first kappa shape index (κ1) is 21.0. The van der Waals surface area contributed by atoms with Gasteiger partial charge in [0.1, 0.15) is 5.82 Å². The Labute approximate surface area is 175 Å². The number of nitrogens with zero attached hydrogens (tertiary/aromatic N) is 3. The Hall–Kier alpha value is -2.74. The SMILES string of the molecule is CN(C)c1cccc(CNC(=O)Nc2ccc(CC(=O)N3CCSCC3)cc2)n1. The smallest absolute Gasteiger partial charge is 0.319 e. The number of pyridine rings is 1. The van der Waals surface area contributed by atoms with E-state index in [0.29, 0.717) is 18.7 Å². The topological polar surface area (TPSA) is 77.6 Å². The molecule has 2 heterocycles. The molecule has 1 fully saturated rings. The second-order valence-electron chi connectivity index (χ2n) is 7.06. The predicted molar refractivity (Wildman–Crippen MR) is 118 cm³/mol. The van der Waals surface area contributed by atoms with Crippen LogP contribution >= 0.6 is 11.8 Å². The van der Waals surface area contributed by atoms with Gasteiger partial charge in [0.25, 0.3) is 0 Å². The van der Waals surface area contributed by atoms with E-state index in [4.69, 9.17) is 0 Å². The van der Waals surface area contributed by atoms with E-state index in [0.717, 1.165) is 41.7 Å². The van der Waals surface area contributed by atoms with Crippen LogP contribution < -0.4 is 15.5 Å². The minimum absolute atomic E-state index is 0.163. The van der Waals surface area contributed by atoms with Crippen molar-refractivity contribution in [3.63, 3.8) is 0 Å². The van der Waals surface area contributed by atoms with Crippen molar-refractivity contribution in [1.82, 2.24) is 15.2 Å². The van der Waals surface area contributed by atoms with Crippen molar-refractivity contribution < 1.29 is 9.59 Å². The average Bonchev–Trinajstić information content (AvgIpc) is 2.74. The maximum absolute atomic E-state index is 12.3. The van der Waals surface area contributed by atoms with Gasteiger partial charge in [-0.25, -0.2) is 9.78 Å². The molecule has 1 aromatic heterocycles. The zero-order valence-electron chi connectivity index (χ0n) is 16.9. The lowest BCUT2D eigenvalue weighted by Crippen LogP contribution is -2.38. The van der Waals surface area contributed by atoms with E-state index < -0.39 is 0 Å². The van der Waals surface area contributed by atoms with Gasteiger partial charge in [0, 0.05) is 44.4 Å². The average molecular weight is 414 g/mol. The molecule has 154 valence electrons. The number of urea groups is 1. The fourth-order valence-electron chi connectivity index (χ4n) is 2.97. The Morgan fingerprint density at radius 2 is 1.83 bits per heavy atom. The summed E-state index contributed by atoms with van der Waals surface area (Å²) in [6.45, 7) is 2.00. The molecule has 0 unspecified atom stereocenters. The molecule has 1 aliphatic rings. The third-order valence-electron chi connectivity index (χ3n) is 4.61. The van der Waals surface area contributed by atoms with E-state index in [1.165, 1.54) is 0 Å². The van der Waals surface area contributed by atoms with Crippen LogP contribution in [0.15, 0.2) is 42.5 Å². The normalized spacial score (nSPS) is 13.7. The number of anilines is 2. The van der Waals surface area contributed by atoms with Crippen LogP contribution in [0.4, 0.5) is 16.3 Å². The van der Waals surface area contributed by atoms with Gasteiger partial charge in [-0.3, -0.25) is 4.79 Å². The van der Waals surface area contributed by atoms with Crippen molar-refractivity contribution in [3.8, 4) is 0 Å². The largest absolute Gasteiger partial charge is 0.363 e. The van der Waals surface area contributed by atoms with E-state index in [2.05, 4.69) is 15.6 Å². The van der Waals surface area contributed by atoms with Gasteiger partial charge < -0.3 is 20.4 Å². The van der Waals surface area contributed by atoms with E-state index in [1.54, 1.807) is 0 Å². The minimum Gasteiger partial charge on any atom is -0.363 e. The second kappa shape index (κ2) is 10.2. The summed E-state index contributed by atoms with van der Waals surface area (Å²) in [5, 5.41) is 5.62. The predicted octanol–water partition coefficient (Wildman–Crippen LogP) is 2.59. The molecule has 3 rings (SSSR count). The molecular weight excluding hydrogens is 386 g/mol. The molecule has 0 radical (unpaired) electrons. The molecule has 0 bridgehead atoms. The van der Waals surface area contributed by atoms with Crippen LogP contribution in [0.1, 0.15) is 11.3 Å². The Balaban J connectivity index is 1.47. The summed E-state index contributed by atoms with van der Waals surface area (Å²) >= 11 is 1.89. The number of benzene rings is 1. The first-order valence-electron chi connectivity index (χ1n) is 9.64. The van der Waals surface area contributed by atoms with E-state index in [1.807, 2.05) is 78.1 Å². The summed E-state index contributed by atoms with van der Waals surface area (Å²) in [5.74, 6) is 3.03. The molecule has 0 atom stereocenters. The highest BCUT2D eigenvalue weighted by molar-refractivity contribution is 7.99. The lowest BCUT2D eigenvalue weighted by Gasteiger charge is -2.26. The van der Waals surface area contributed by atoms with Crippen molar-refractivity contribution in [2.45, 2.75) is 13.0 Å². The number of amides is 3. The number of hydrogen-bond donors (Lipinski definition) is 2. The quantitative estimate of drug-likeness (QED) is 0.761. The molecule has 1 aromatic carbocycles. The standard InChI is InChI=1S/C21H27N5O2S/c1-25(2)19-5-3-4-18(23-19)15-22-21(28)24-17-8-6-16(7-9-17)14-20(27)26-10-12-29-13-11-26/h3-9H,10-15H2,1-2H3,(H2,22,24,28). The number of carbonyl (C=O) groups is 2. The zero-order valence-corrected chi connectivity index (χ0v) is 17.7. The van der Waals surface area contributed by atoms with Crippen LogP contribution in [0.2, 0.25) is 0 Å². The highest BCUT2D eigenvalue weighted by atomic mass is 32.2. The second-order valence-corrected chi connectivity index (χ2v) is 8.28. The Bertz CT molecular complexity index is 835. The van der Waals surface area contributed by atoms with Gasteiger partial charge in [0.2, 0.25) is 5.91 Å². The number of rotatable bonds is 6. The van der Waals surface area contributed by atoms with Crippen molar-refractivity contribution in [2.75, 3.05) is 48.9 Å². The molecule has 1 saturated heterocycles. The first-order valence-corrected chi connectivity index (χ1v) is 10.8. The summed E-state index contributed by atoms with van der Waals surface area (Å²) < 4.78 is 0. The van der Waals surface area contributed by atoms with Crippen LogP contribution in [0.25, 0.3) is 0 Å². The molecule has 0 saturated carbocycles. The van der Waals surface area contributed by atoms with Crippen LogP contribution in [0.3, 0.4) is 0 Å². The molecule has 0 spiro atoms. The summed E-state index contributed by atoms with van der Waals surface area (Å²) in [6, 6.07) is 12.8. The molecule has 2 N–H and O–H groups in total. The van der Waals surface area contributed by atoms with Gasteiger partial charge in [0.15, 0.2) is 0 Å². The molecule has 1 aliphatic heterocycles. The van der Waals surface area contributed by atoms with Gasteiger partial charge >= 0.3 is 6.03 Å². The highest BCUT2D eigenvalue weighted by Crippen LogP contribution is 2.14. The van der Waals surface area contributed by atoms with Crippen molar-refractivity contribution in [3.05, 3.63) is 53.7 Å². The van der Waals surface area contributed by atoms with Crippen LogP contribution in [-0.2, 0) is 17.8 Å². The van der Waals surface area contributed by atoms with E-state index >= 15 is 0 Å². The van der Waals surface area contributed by atoms with Crippen LogP contribution in [0, 0.1) is 0 Å². The molecular formula is C21H27N5O2S. The molecule has 0 aliphatic carbocycles. The Morgan fingerprint density at radius 1 is 1.10 bits per heavy atom. The zero-order chi connectivity index (χ0) is 20.6. The summed E-state index contributed by atoms with van der Waals surface area (Å²) in [7, 11) is 3.85. The van der Waals surface area contributed by atoms with Crippen molar-refractivity contribution in [2.24, 2.45) is 0 Å². The first-order chi connectivity index (χ1) is 14.0. The maximum Gasteiger partial charge on any atom is 0.319 e. The van der Waals surface area contributed by atoms with Crippen LogP contribution in [0.5, 0.6) is 0 Å². The summed E-state index contributed by atoms with van der Waals surface area (Å²) in [4.78, 5) is 32.8. The lowest BCUT2D eigenvalue weighted by molar-refractivity contribution is -0.130. The number of carbonyl (C=O) groups excluding carboxylic acids is 2. The molecule has 29 heavy (non-hydrogen) atoms. The van der Waals surface area contributed by atoms with Gasteiger partial charge in [0.05, 0.1) is 18.7 Å². The number of nitrogens with one attached hydrogen (secondary N) is 2. The summed E-state index contributed by atoms with van der Waals surface area (Å²) in [5.41, 5.74) is 2.42. The van der Waals surface area contributed by atoms with E-state index in [9.17, 15) is 9.59 Å². The lowest BCUT2D eigenvalue weighted by atomic mass is 10.1. The van der Waals surface area contributed by atoms with Gasteiger partial charge in [-0.15, -0.1) is 0 Å². The number of hydrogen-bond acceptors (Lipinski definition) is 5.